The molecule has 2 N–H and O–H groups in total. The Balaban J connectivity index is 1.77. The Morgan fingerprint density at radius 1 is 1.17 bits per heavy atom. The van der Waals surface area contributed by atoms with Gasteiger partial charge in [-0.25, -0.2) is 0 Å². The van der Waals surface area contributed by atoms with Gasteiger partial charge in [0.05, 0.1) is 5.69 Å². The number of aromatic nitrogens is 2. The van der Waals surface area contributed by atoms with Gasteiger partial charge < -0.3 is 14.6 Å². The SMILES string of the molecule is C=C/C(Cl)=C\C=C(/C)COc1ccc(-c2n[nH]c(C)c2Oc2ccccc2)c(O)c1. The zero-order chi connectivity index (χ0) is 21.5. The minimum absolute atomic E-state index is 0.0492. The van der Waals surface area contributed by atoms with Crippen LogP contribution in [0.3, 0.4) is 0 Å². The second kappa shape index (κ2) is 9.85. The number of rotatable bonds is 8. The fourth-order valence-electron chi connectivity index (χ4n) is 2.67. The molecule has 0 fully saturated rings. The molecule has 6 heteroatoms. The van der Waals surface area contributed by atoms with Crippen LogP contribution in [-0.4, -0.2) is 21.9 Å². The van der Waals surface area contributed by atoms with Gasteiger partial charge in [-0.3, -0.25) is 5.10 Å². The van der Waals surface area contributed by atoms with E-state index in [0.29, 0.717) is 40.1 Å². The van der Waals surface area contributed by atoms with Gasteiger partial charge >= 0.3 is 0 Å². The van der Waals surface area contributed by atoms with Crippen LogP contribution >= 0.6 is 11.6 Å². The normalized spacial score (nSPS) is 12.0. The van der Waals surface area contributed by atoms with Crippen LogP contribution in [0.2, 0.25) is 0 Å². The summed E-state index contributed by atoms with van der Waals surface area (Å²) in [6, 6.07) is 14.5. The first-order chi connectivity index (χ1) is 14.5. The van der Waals surface area contributed by atoms with Gasteiger partial charge in [0.1, 0.15) is 29.5 Å². The van der Waals surface area contributed by atoms with Crippen LogP contribution in [0.4, 0.5) is 0 Å². The molecular formula is C24H23ClN2O3. The minimum Gasteiger partial charge on any atom is -0.507 e. The van der Waals surface area contributed by atoms with Gasteiger partial charge in [0, 0.05) is 16.7 Å². The summed E-state index contributed by atoms with van der Waals surface area (Å²) < 4.78 is 11.7. The van der Waals surface area contributed by atoms with Crippen molar-refractivity contribution in [2.75, 3.05) is 6.61 Å². The molecule has 0 aliphatic carbocycles. The molecule has 1 heterocycles. The molecule has 0 aliphatic rings. The second-order valence-corrected chi connectivity index (χ2v) is 7.11. The summed E-state index contributed by atoms with van der Waals surface area (Å²) in [7, 11) is 0. The number of aryl methyl sites for hydroxylation is 1. The molecule has 0 saturated heterocycles. The number of hydrogen-bond acceptors (Lipinski definition) is 4. The predicted octanol–water partition coefficient (Wildman–Crippen LogP) is 6.52. The number of phenols is 1. The van der Waals surface area contributed by atoms with E-state index in [1.165, 1.54) is 0 Å². The Kier molecular flexibility index (Phi) is 6.99. The first-order valence-electron chi connectivity index (χ1n) is 9.37. The maximum absolute atomic E-state index is 10.6. The Morgan fingerprint density at radius 2 is 1.93 bits per heavy atom. The number of ether oxygens (including phenoxy) is 2. The number of allylic oxidation sites excluding steroid dienone is 4. The third-order valence-electron chi connectivity index (χ3n) is 4.27. The predicted molar refractivity (Wildman–Crippen MR) is 120 cm³/mol. The lowest BCUT2D eigenvalue weighted by molar-refractivity contribution is 0.349. The van der Waals surface area contributed by atoms with E-state index in [0.717, 1.165) is 11.3 Å². The molecule has 154 valence electrons. The summed E-state index contributed by atoms with van der Waals surface area (Å²) in [6.45, 7) is 7.76. The molecule has 0 amide bonds. The van der Waals surface area contributed by atoms with Crippen molar-refractivity contribution in [3.05, 3.63) is 89.6 Å². The van der Waals surface area contributed by atoms with Crippen LogP contribution in [0.15, 0.2) is 83.9 Å². The van der Waals surface area contributed by atoms with Crippen molar-refractivity contribution in [2.45, 2.75) is 13.8 Å². The summed E-state index contributed by atoms with van der Waals surface area (Å²) in [5.41, 5.74) is 2.81. The molecule has 0 saturated carbocycles. The van der Waals surface area contributed by atoms with Crippen LogP contribution < -0.4 is 9.47 Å². The van der Waals surface area contributed by atoms with Gasteiger partial charge in [-0.1, -0.05) is 48.5 Å². The Hall–Kier alpha value is -3.44. The molecule has 3 rings (SSSR count). The number of para-hydroxylation sites is 1. The third kappa shape index (κ3) is 5.33. The maximum Gasteiger partial charge on any atom is 0.176 e. The highest BCUT2D eigenvalue weighted by molar-refractivity contribution is 6.31. The molecule has 0 bridgehead atoms. The maximum atomic E-state index is 10.6. The van der Waals surface area contributed by atoms with E-state index >= 15 is 0 Å². The van der Waals surface area contributed by atoms with Gasteiger partial charge in [-0.05, 0) is 49.8 Å². The molecule has 0 aliphatic heterocycles. The van der Waals surface area contributed by atoms with Gasteiger partial charge in [-0.2, -0.15) is 5.10 Å². The van der Waals surface area contributed by atoms with Crippen LogP contribution in [-0.2, 0) is 0 Å². The highest BCUT2D eigenvalue weighted by Gasteiger charge is 2.18. The standard InChI is InChI=1S/C24H23ClN2O3/c1-4-18(25)11-10-16(2)15-29-20-12-13-21(22(28)14-20)23-24(17(3)26-27-23)30-19-8-6-5-7-9-19/h4-14,28H,1,15H2,2-3H3,(H,26,27)/b16-10+,18-11+. The Labute approximate surface area is 180 Å². The first kappa shape index (κ1) is 21.3. The van der Waals surface area contributed by atoms with Crippen molar-refractivity contribution in [3.63, 3.8) is 0 Å². The Bertz CT molecular complexity index is 1090. The number of aromatic amines is 1. The summed E-state index contributed by atoms with van der Waals surface area (Å²) in [4.78, 5) is 0. The smallest absolute Gasteiger partial charge is 0.176 e. The highest BCUT2D eigenvalue weighted by Crippen LogP contribution is 2.39. The van der Waals surface area contributed by atoms with Gasteiger partial charge in [-0.15, -0.1) is 0 Å². The lowest BCUT2D eigenvalue weighted by Gasteiger charge is -2.10. The summed E-state index contributed by atoms with van der Waals surface area (Å²) in [5, 5.41) is 18.4. The fraction of sp³-hybridized carbons (Fsp3) is 0.125. The van der Waals surface area contributed by atoms with E-state index < -0.39 is 0 Å². The monoisotopic (exact) mass is 422 g/mol. The fourth-order valence-corrected chi connectivity index (χ4v) is 2.73. The number of halogens is 1. The first-order valence-corrected chi connectivity index (χ1v) is 9.75. The summed E-state index contributed by atoms with van der Waals surface area (Å²) in [6.07, 6.45) is 5.18. The van der Waals surface area contributed by atoms with Gasteiger partial charge in [0.25, 0.3) is 0 Å². The van der Waals surface area contributed by atoms with Crippen LogP contribution in [0.5, 0.6) is 23.0 Å². The number of nitrogens with one attached hydrogen (secondary N) is 1. The van der Waals surface area contributed by atoms with Crippen LogP contribution in [0, 0.1) is 6.92 Å². The average Bonchev–Trinajstić information content (AvgIpc) is 3.11. The number of benzene rings is 2. The molecule has 0 atom stereocenters. The van der Waals surface area contributed by atoms with Crippen LogP contribution in [0.25, 0.3) is 11.3 Å². The molecular weight excluding hydrogens is 400 g/mol. The molecule has 2 aromatic carbocycles. The molecule has 0 radical (unpaired) electrons. The zero-order valence-corrected chi connectivity index (χ0v) is 17.6. The van der Waals surface area contributed by atoms with Gasteiger partial charge in [0.15, 0.2) is 5.75 Å². The topological polar surface area (TPSA) is 67.4 Å². The molecule has 5 nitrogen and oxygen atoms in total. The van der Waals surface area contributed by atoms with E-state index in [1.54, 1.807) is 30.4 Å². The number of H-pyrrole nitrogens is 1. The molecule has 1 aromatic heterocycles. The van der Waals surface area contributed by atoms with E-state index in [2.05, 4.69) is 16.8 Å². The lowest BCUT2D eigenvalue weighted by Crippen LogP contribution is -1.98. The van der Waals surface area contributed by atoms with Crippen molar-refractivity contribution in [2.24, 2.45) is 0 Å². The number of phenolic OH excluding ortho intramolecular Hbond substituents is 1. The molecule has 3 aromatic rings. The lowest BCUT2D eigenvalue weighted by atomic mass is 10.1. The minimum atomic E-state index is 0.0492. The quantitative estimate of drug-likeness (QED) is 0.405. The van der Waals surface area contributed by atoms with Gasteiger partial charge in [0.2, 0.25) is 0 Å². The van der Waals surface area contributed by atoms with Crippen molar-refractivity contribution in [1.29, 1.82) is 0 Å². The summed E-state index contributed by atoms with van der Waals surface area (Å²) >= 11 is 5.89. The number of hydrogen-bond donors (Lipinski definition) is 2. The van der Waals surface area contributed by atoms with Crippen molar-refractivity contribution >= 4 is 11.6 Å². The summed E-state index contributed by atoms with van der Waals surface area (Å²) in [5.74, 6) is 1.85. The average molecular weight is 423 g/mol. The van der Waals surface area contributed by atoms with E-state index in [9.17, 15) is 5.11 Å². The number of aromatic hydroxyl groups is 1. The molecule has 30 heavy (non-hydrogen) atoms. The molecule has 0 unspecified atom stereocenters. The zero-order valence-electron chi connectivity index (χ0n) is 16.9. The van der Waals surface area contributed by atoms with E-state index in [-0.39, 0.29) is 5.75 Å². The third-order valence-corrected chi connectivity index (χ3v) is 4.55. The van der Waals surface area contributed by atoms with Crippen molar-refractivity contribution in [3.8, 4) is 34.3 Å². The Morgan fingerprint density at radius 3 is 2.63 bits per heavy atom. The van der Waals surface area contributed by atoms with Crippen molar-refractivity contribution < 1.29 is 14.6 Å². The van der Waals surface area contributed by atoms with Crippen LogP contribution in [0.1, 0.15) is 12.6 Å². The van der Waals surface area contributed by atoms with Crippen molar-refractivity contribution in [1.82, 2.24) is 10.2 Å². The second-order valence-electron chi connectivity index (χ2n) is 6.68. The van der Waals surface area contributed by atoms with E-state index in [1.807, 2.05) is 50.3 Å². The number of nitrogens with zero attached hydrogens (tertiary/aromatic N) is 1. The van der Waals surface area contributed by atoms with E-state index in [4.69, 9.17) is 21.1 Å². The highest BCUT2D eigenvalue weighted by atomic mass is 35.5. The molecule has 0 spiro atoms. The largest absolute Gasteiger partial charge is 0.507 e.